The Kier molecular flexibility index (Phi) is 5.86. The van der Waals surface area contributed by atoms with E-state index in [-0.39, 0.29) is 18.9 Å². The van der Waals surface area contributed by atoms with E-state index < -0.39 is 5.97 Å². The summed E-state index contributed by atoms with van der Waals surface area (Å²) in [6, 6.07) is 11.4. The molecule has 0 aliphatic heterocycles. The molecular formula is C21H21NO4S. The van der Waals surface area contributed by atoms with Gasteiger partial charge < -0.3 is 14.5 Å². The van der Waals surface area contributed by atoms with Gasteiger partial charge in [-0.15, -0.1) is 11.8 Å². The highest BCUT2D eigenvalue weighted by atomic mass is 32.2. The molecule has 0 fully saturated rings. The van der Waals surface area contributed by atoms with Gasteiger partial charge in [0, 0.05) is 15.8 Å². The number of benzene rings is 2. The van der Waals surface area contributed by atoms with E-state index in [1.807, 2.05) is 56.5 Å². The van der Waals surface area contributed by atoms with Crippen LogP contribution in [0.5, 0.6) is 0 Å². The molecule has 27 heavy (non-hydrogen) atoms. The maximum absolute atomic E-state index is 12.1. The molecule has 3 aromatic rings. The number of hydrogen-bond acceptors (Lipinski definition) is 5. The van der Waals surface area contributed by atoms with Crippen LogP contribution in [-0.2, 0) is 20.7 Å². The largest absolute Gasteiger partial charge is 0.464 e. The summed E-state index contributed by atoms with van der Waals surface area (Å²) in [6.45, 7) is 3.70. The van der Waals surface area contributed by atoms with Crippen molar-refractivity contribution in [1.29, 1.82) is 0 Å². The summed E-state index contributed by atoms with van der Waals surface area (Å²) >= 11 is 1.53. The number of esters is 1. The minimum absolute atomic E-state index is 0.0597. The van der Waals surface area contributed by atoms with Crippen molar-refractivity contribution in [2.45, 2.75) is 25.2 Å². The van der Waals surface area contributed by atoms with Gasteiger partial charge in [-0.1, -0.05) is 12.1 Å². The van der Waals surface area contributed by atoms with Crippen LogP contribution in [0.1, 0.15) is 16.7 Å². The molecule has 0 unspecified atom stereocenters. The highest BCUT2D eigenvalue weighted by Gasteiger charge is 2.14. The van der Waals surface area contributed by atoms with E-state index in [1.54, 1.807) is 6.26 Å². The zero-order valence-electron chi connectivity index (χ0n) is 15.5. The quantitative estimate of drug-likeness (QED) is 0.501. The van der Waals surface area contributed by atoms with E-state index in [1.165, 1.54) is 11.8 Å². The molecule has 1 aromatic heterocycles. The molecule has 1 amide bonds. The number of ether oxygens (including phenoxy) is 1. The first-order valence-electron chi connectivity index (χ1n) is 8.53. The molecule has 0 radical (unpaired) electrons. The first kappa shape index (κ1) is 19.0. The van der Waals surface area contributed by atoms with Crippen LogP contribution in [-0.4, -0.2) is 24.7 Å². The summed E-state index contributed by atoms with van der Waals surface area (Å²) in [4.78, 5) is 25.2. The lowest BCUT2D eigenvalue weighted by molar-refractivity contribution is -0.146. The lowest BCUT2D eigenvalue weighted by atomic mass is 10.0. The Labute approximate surface area is 162 Å². The molecule has 0 saturated heterocycles. The lowest BCUT2D eigenvalue weighted by Gasteiger charge is -2.09. The first-order valence-corrected chi connectivity index (χ1v) is 9.76. The van der Waals surface area contributed by atoms with Crippen LogP contribution in [0.25, 0.3) is 11.0 Å². The van der Waals surface area contributed by atoms with Crippen LogP contribution in [0.2, 0.25) is 0 Å². The number of thioether (sulfide) groups is 1. The number of fused-ring (bicyclic) bond motifs is 1. The monoisotopic (exact) mass is 383 g/mol. The number of furan rings is 1. The summed E-state index contributed by atoms with van der Waals surface area (Å²) in [5.74, 6) is -0.836. The van der Waals surface area contributed by atoms with Crippen molar-refractivity contribution in [2.75, 3.05) is 18.2 Å². The number of nitrogens with one attached hydrogen (secondary N) is 1. The molecule has 2 aromatic carbocycles. The van der Waals surface area contributed by atoms with Crippen molar-refractivity contribution in [3.8, 4) is 0 Å². The fourth-order valence-electron chi connectivity index (χ4n) is 2.76. The fraction of sp³-hybridized carbons (Fsp3) is 0.238. The van der Waals surface area contributed by atoms with Gasteiger partial charge >= 0.3 is 5.97 Å². The van der Waals surface area contributed by atoms with Crippen molar-refractivity contribution < 1.29 is 18.7 Å². The Morgan fingerprint density at radius 2 is 1.89 bits per heavy atom. The van der Waals surface area contributed by atoms with Crippen LogP contribution in [0.3, 0.4) is 0 Å². The predicted octanol–water partition coefficient (Wildman–Crippen LogP) is 4.50. The van der Waals surface area contributed by atoms with Gasteiger partial charge in [0.25, 0.3) is 5.91 Å². The Balaban J connectivity index is 1.58. The van der Waals surface area contributed by atoms with Crippen LogP contribution >= 0.6 is 11.8 Å². The minimum Gasteiger partial charge on any atom is -0.464 e. The molecule has 3 rings (SSSR count). The second-order valence-electron chi connectivity index (χ2n) is 6.28. The number of carbonyl (C=O) groups excluding carboxylic acids is 2. The molecular weight excluding hydrogens is 362 g/mol. The van der Waals surface area contributed by atoms with E-state index in [9.17, 15) is 9.59 Å². The Hall–Kier alpha value is -2.73. The third kappa shape index (κ3) is 4.52. The van der Waals surface area contributed by atoms with Gasteiger partial charge in [-0.05, 0) is 55.5 Å². The highest BCUT2D eigenvalue weighted by Crippen LogP contribution is 2.26. The smallest absolute Gasteiger partial charge is 0.310 e. The summed E-state index contributed by atoms with van der Waals surface area (Å²) in [5.41, 5.74) is 4.47. The van der Waals surface area contributed by atoms with Crippen molar-refractivity contribution >= 4 is 40.3 Å². The minimum atomic E-state index is -0.468. The number of para-hydroxylation sites is 1. The number of amides is 1. The molecule has 0 aliphatic carbocycles. The van der Waals surface area contributed by atoms with Gasteiger partial charge in [0.15, 0.2) is 6.61 Å². The summed E-state index contributed by atoms with van der Waals surface area (Å²) < 4.78 is 10.7. The molecule has 0 bridgehead atoms. The average molecular weight is 383 g/mol. The topological polar surface area (TPSA) is 68.5 Å². The molecule has 0 saturated carbocycles. The first-order chi connectivity index (χ1) is 13.0. The van der Waals surface area contributed by atoms with Gasteiger partial charge in [-0.3, -0.25) is 9.59 Å². The normalized spacial score (nSPS) is 10.8. The molecule has 0 spiro atoms. The van der Waals surface area contributed by atoms with E-state index in [4.69, 9.17) is 9.15 Å². The molecule has 1 N–H and O–H groups in total. The Morgan fingerprint density at radius 3 is 2.67 bits per heavy atom. The van der Waals surface area contributed by atoms with Crippen molar-refractivity contribution in [2.24, 2.45) is 0 Å². The molecule has 0 aliphatic rings. The second-order valence-corrected chi connectivity index (χ2v) is 7.13. The molecule has 6 heteroatoms. The fourth-order valence-corrected chi connectivity index (χ4v) is 3.31. The maximum atomic E-state index is 12.1. The zero-order valence-corrected chi connectivity index (χ0v) is 16.3. The van der Waals surface area contributed by atoms with E-state index in [0.717, 1.165) is 32.6 Å². The van der Waals surface area contributed by atoms with Gasteiger partial charge in [-0.2, -0.15) is 0 Å². The third-order valence-corrected chi connectivity index (χ3v) is 5.15. The Morgan fingerprint density at radius 1 is 1.15 bits per heavy atom. The molecule has 140 valence electrons. The number of rotatable bonds is 6. The molecule has 0 atom stereocenters. The SMILES string of the molecule is CSc1ccccc1NC(=O)COC(=O)Cc1coc2cc(C)c(C)cc12. The molecule has 1 heterocycles. The number of aryl methyl sites for hydroxylation is 2. The standard InChI is InChI=1S/C21H21NO4S/c1-13-8-16-15(11-25-18(16)9-14(13)2)10-21(24)26-12-20(23)22-17-6-4-5-7-19(17)27-3/h4-9,11H,10,12H2,1-3H3,(H,22,23). The highest BCUT2D eigenvalue weighted by molar-refractivity contribution is 7.98. The summed E-state index contributed by atoms with van der Waals surface area (Å²) in [7, 11) is 0. The van der Waals surface area contributed by atoms with Crippen LogP contribution in [0, 0.1) is 13.8 Å². The maximum Gasteiger partial charge on any atom is 0.310 e. The second kappa shape index (κ2) is 8.31. The van der Waals surface area contributed by atoms with Gasteiger partial charge in [0.05, 0.1) is 18.4 Å². The van der Waals surface area contributed by atoms with E-state index in [2.05, 4.69) is 5.32 Å². The third-order valence-electron chi connectivity index (χ3n) is 4.35. The van der Waals surface area contributed by atoms with Gasteiger partial charge in [0.1, 0.15) is 5.58 Å². The lowest BCUT2D eigenvalue weighted by Crippen LogP contribution is -2.21. The number of hydrogen-bond donors (Lipinski definition) is 1. The summed E-state index contributed by atoms with van der Waals surface area (Å²) in [5, 5.41) is 3.66. The molecule has 5 nitrogen and oxygen atoms in total. The van der Waals surface area contributed by atoms with Gasteiger partial charge in [0.2, 0.25) is 0 Å². The number of carbonyl (C=O) groups is 2. The van der Waals surface area contributed by atoms with E-state index >= 15 is 0 Å². The van der Waals surface area contributed by atoms with Gasteiger partial charge in [-0.25, -0.2) is 0 Å². The Bertz CT molecular complexity index is 993. The predicted molar refractivity (Wildman–Crippen MR) is 107 cm³/mol. The van der Waals surface area contributed by atoms with Crippen LogP contribution < -0.4 is 5.32 Å². The average Bonchev–Trinajstić information content (AvgIpc) is 3.02. The zero-order chi connectivity index (χ0) is 19.4. The van der Waals surface area contributed by atoms with E-state index in [0.29, 0.717) is 5.69 Å². The van der Waals surface area contributed by atoms with Crippen molar-refractivity contribution in [3.05, 3.63) is 59.4 Å². The van der Waals surface area contributed by atoms with Crippen molar-refractivity contribution in [1.82, 2.24) is 0 Å². The van der Waals surface area contributed by atoms with Crippen LogP contribution in [0.4, 0.5) is 5.69 Å². The van der Waals surface area contributed by atoms with Crippen LogP contribution in [0.15, 0.2) is 52.0 Å². The number of anilines is 1. The summed E-state index contributed by atoms with van der Waals surface area (Å²) in [6.07, 6.45) is 3.56. The van der Waals surface area contributed by atoms with Crippen molar-refractivity contribution in [3.63, 3.8) is 0 Å².